The third-order valence-corrected chi connectivity index (χ3v) is 14.0. The number of hydrogen-bond acceptors (Lipinski definition) is 2. The Kier molecular flexibility index (Phi) is 8.24. The molecule has 0 fully saturated rings. The summed E-state index contributed by atoms with van der Waals surface area (Å²) in [5.41, 5.74) is 13.5. The summed E-state index contributed by atoms with van der Waals surface area (Å²) in [4.78, 5) is 4.19. The van der Waals surface area contributed by atoms with Gasteiger partial charge in [-0.3, -0.25) is 0 Å². The molecule has 3 nitrogen and oxygen atoms in total. The molecule has 68 heavy (non-hydrogen) atoms. The van der Waals surface area contributed by atoms with Crippen LogP contribution in [0.3, 0.4) is 0 Å². The molecule has 0 spiro atoms. The van der Waals surface area contributed by atoms with Crippen LogP contribution in [0.4, 0.5) is 34.1 Å². The van der Waals surface area contributed by atoms with Crippen LogP contribution in [0.25, 0.3) is 71.3 Å². The topological polar surface area (TPSA) is 11.4 Å². The van der Waals surface area contributed by atoms with E-state index in [9.17, 15) is 5.48 Å². The van der Waals surface area contributed by atoms with E-state index >= 15 is 0 Å². The van der Waals surface area contributed by atoms with Gasteiger partial charge >= 0.3 is 0 Å². The van der Waals surface area contributed by atoms with Gasteiger partial charge in [-0.1, -0.05) is 178 Å². The predicted molar refractivity (Wildman–Crippen MR) is 288 cm³/mol. The number of benzene rings is 11. The second-order valence-corrected chi connectivity index (χ2v) is 18.2. The maximum atomic E-state index is 9.79. The summed E-state index contributed by atoms with van der Waals surface area (Å²) in [6.07, 6.45) is 0. The Hall–Kier alpha value is -8.66. The van der Waals surface area contributed by atoms with Crippen LogP contribution < -0.4 is 9.80 Å². The van der Waals surface area contributed by atoms with E-state index in [2.05, 4.69) is 157 Å². The number of nitrogens with zero attached hydrogens (tertiary/aromatic N) is 3. The third-order valence-electron chi connectivity index (χ3n) is 14.0. The van der Waals surface area contributed by atoms with E-state index in [0.717, 1.165) is 72.1 Å². The zero-order chi connectivity index (χ0) is 48.8. The standard InChI is InChI=1S/C65H47N3/c1-65(2)60-28-13-11-23-55(60)56-39-37-51(42-61(56)65)67(52-38-40-59-58-24-12-14-29-63(58)68(64(59)43-52)48-21-7-4-8-22-48)62-30-16-26-54-53(25-15-27-57(54)62)45-32-34-49(35-33-45)66(47-19-5-3-6-20-47)50-36-31-44-17-9-10-18-46(44)41-50/h3-43H,1-2H3/i32D,33D,34D,35D. The van der Waals surface area contributed by atoms with Gasteiger partial charge in [0.15, 0.2) is 0 Å². The summed E-state index contributed by atoms with van der Waals surface area (Å²) in [6, 6.07) is 77.0. The minimum atomic E-state index is -0.239. The largest absolute Gasteiger partial charge is 0.310 e. The van der Waals surface area contributed by atoms with Crippen molar-refractivity contribution in [2.45, 2.75) is 19.3 Å². The van der Waals surface area contributed by atoms with Crippen molar-refractivity contribution in [3.63, 3.8) is 0 Å². The Morgan fingerprint density at radius 3 is 1.82 bits per heavy atom. The van der Waals surface area contributed by atoms with Gasteiger partial charge in [-0.15, -0.1) is 0 Å². The lowest BCUT2D eigenvalue weighted by Gasteiger charge is -2.29. The zero-order valence-electron chi connectivity index (χ0n) is 41.7. The molecular weight excluding hydrogens is 823 g/mol. The van der Waals surface area contributed by atoms with Gasteiger partial charge in [-0.2, -0.15) is 0 Å². The van der Waals surface area contributed by atoms with Crippen LogP contribution >= 0.6 is 0 Å². The second kappa shape index (κ2) is 15.8. The zero-order valence-corrected chi connectivity index (χ0v) is 37.7. The lowest BCUT2D eigenvalue weighted by atomic mass is 9.82. The quantitative estimate of drug-likeness (QED) is 0.151. The van der Waals surface area contributed by atoms with Gasteiger partial charge in [0.05, 0.1) is 22.2 Å². The van der Waals surface area contributed by atoms with Crippen LogP contribution in [-0.4, -0.2) is 4.57 Å². The lowest BCUT2D eigenvalue weighted by molar-refractivity contribution is 0.660. The van der Waals surface area contributed by atoms with E-state index in [-0.39, 0.29) is 40.8 Å². The molecule has 0 unspecified atom stereocenters. The van der Waals surface area contributed by atoms with E-state index in [1.807, 2.05) is 95.9 Å². The van der Waals surface area contributed by atoms with Gasteiger partial charge in [0.1, 0.15) is 0 Å². The van der Waals surface area contributed by atoms with Crippen molar-refractivity contribution in [3.8, 4) is 27.9 Å². The molecule has 13 rings (SSSR count). The Bertz CT molecular complexity index is 4110. The van der Waals surface area contributed by atoms with Gasteiger partial charge < -0.3 is 14.4 Å². The van der Waals surface area contributed by atoms with E-state index in [1.165, 1.54) is 27.6 Å². The van der Waals surface area contributed by atoms with Crippen LogP contribution in [0.15, 0.2) is 249 Å². The van der Waals surface area contributed by atoms with Crippen molar-refractivity contribution in [2.75, 3.05) is 9.80 Å². The van der Waals surface area contributed by atoms with E-state index in [4.69, 9.17) is 0 Å². The minimum absolute atomic E-state index is 0.109. The number of para-hydroxylation sites is 3. The Morgan fingerprint density at radius 2 is 0.971 bits per heavy atom. The van der Waals surface area contributed by atoms with Gasteiger partial charge in [0.25, 0.3) is 0 Å². The molecule has 0 saturated carbocycles. The van der Waals surface area contributed by atoms with Crippen LogP contribution in [0.2, 0.25) is 0 Å². The van der Waals surface area contributed by atoms with Crippen LogP contribution in [0.1, 0.15) is 30.5 Å². The normalized spacial score (nSPS) is 13.5. The third kappa shape index (κ3) is 6.35. The first-order chi connectivity index (χ1) is 35.2. The highest BCUT2D eigenvalue weighted by atomic mass is 15.2. The van der Waals surface area contributed by atoms with E-state index in [0.29, 0.717) is 5.56 Å². The molecule has 1 aliphatic carbocycles. The average molecular weight is 874 g/mol. The van der Waals surface area contributed by atoms with Gasteiger partial charge in [-0.25, -0.2) is 0 Å². The fourth-order valence-electron chi connectivity index (χ4n) is 10.8. The summed E-state index contributed by atoms with van der Waals surface area (Å²) >= 11 is 0. The molecule has 0 bridgehead atoms. The molecule has 0 aliphatic heterocycles. The molecule has 0 radical (unpaired) electrons. The van der Waals surface area contributed by atoms with Crippen molar-refractivity contribution in [1.82, 2.24) is 4.57 Å². The number of rotatable bonds is 8. The first kappa shape index (κ1) is 35.6. The van der Waals surface area contributed by atoms with Gasteiger partial charge in [0.2, 0.25) is 0 Å². The van der Waals surface area contributed by atoms with Crippen LogP contribution in [0, 0.1) is 0 Å². The molecule has 1 aromatic heterocycles. The summed E-state index contributed by atoms with van der Waals surface area (Å²) in [5.74, 6) is 0. The maximum Gasteiger partial charge on any atom is 0.0645 e. The monoisotopic (exact) mass is 873 g/mol. The molecule has 3 heteroatoms. The molecule has 11 aromatic carbocycles. The number of anilines is 6. The van der Waals surface area contributed by atoms with Crippen molar-refractivity contribution < 1.29 is 5.48 Å². The fourth-order valence-corrected chi connectivity index (χ4v) is 10.8. The van der Waals surface area contributed by atoms with Crippen molar-refractivity contribution >= 4 is 77.5 Å². The molecule has 1 heterocycles. The Morgan fingerprint density at radius 1 is 0.368 bits per heavy atom. The Balaban J connectivity index is 1.02. The molecule has 0 N–H and O–H groups in total. The highest BCUT2D eigenvalue weighted by Gasteiger charge is 2.36. The van der Waals surface area contributed by atoms with Crippen molar-refractivity contribution in [1.29, 1.82) is 0 Å². The highest BCUT2D eigenvalue weighted by Crippen LogP contribution is 2.52. The lowest BCUT2D eigenvalue weighted by Crippen LogP contribution is -2.16. The predicted octanol–water partition coefficient (Wildman–Crippen LogP) is 18.0. The number of aromatic nitrogens is 1. The summed E-state index contributed by atoms with van der Waals surface area (Å²) < 4.78 is 41.4. The summed E-state index contributed by atoms with van der Waals surface area (Å²) in [5, 5.41) is 6.13. The molecule has 0 saturated heterocycles. The van der Waals surface area contributed by atoms with E-state index in [1.54, 1.807) is 0 Å². The minimum Gasteiger partial charge on any atom is -0.310 e. The Labute approximate surface area is 402 Å². The maximum absolute atomic E-state index is 9.79. The molecule has 1 aliphatic rings. The number of hydrogen-bond donors (Lipinski definition) is 0. The highest BCUT2D eigenvalue weighted by molar-refractivity contribution is 6.11. The van der Waals surface area contributed by atoms with Gasteiger partial charge in [0, 0.05) is 55.7 Å². The van der Waals surface area contributed by atoms with Crippen LogP contribution in [0.5, 0.6) is 0 Å². The number of fused-ring (bicyclic) bond motifs is 8. The van der Waals surface area contributed by atoms with Gasteiger partial charge in [-0.05, 0) is 134 Å². The molecule has 0 amide bonds. The molecule has 0 atom stereocenters. The van der Waals surface area contributed by atoms with E-state index < -0.39 is 0 Å². The molecular formula is C65H47N3. The summed E-state index contributed by atoms with van der Waals surface area (Å²) in [7, 11) is 0. The molecule has 322 valence electrons. The first-order valence-corrected chi connectivity index (χ1v) is 23.3. The van der Waals surface area contributed by atoms with Crippen LogP contribution in [-0.2, 0) is 5.41 Å². The smallest absolute Gasteiger partial charge is 0.0645 e. The summed E-state index contributed by atoms with van der Waals surface area (Å²) in [6.45, 7) is 4.62. The average Bonchev–Trinajstić information content (AvgIpc) is 3.87. The van der Waals surface area contributed by atoms with Crippen molar-refractivity contribution in [3.05, 3.63) is 260 Å². The SMILES string of the molecule is [2H]c1c([2H])c(N(c2ccccc2)c2ccc3ccccc3c2)c([2H])c([2H])c1-c1cccc2c(N(c3ccc4c(c3)C(C)(C)c3ccccc3-4)c3ccc4c5ccccc5n(-c5ccccc5)c4c3)cccc12. The fraction of sp³-hybridized carbons (Fsp3) is 0.0462. The second-order valence-electron chi connectivity index (χ2n) is 18.2. The molecule has 12 aromatic rings. The van der Waals surface area contributed by atoms with Crippen molar-refractivity contribution in [2.24, 2.45) is 0 Å². The first-order valence-electron chi connectivity index (χ1n) is 25.3.